The third kappa shape index (κ3) is 5.26. The van der Waals surface area contributed by atoms with Gasteiger partial charge in [-0.25, -0.2) is 0 Å². The van der Waals surface area contributed by atoms with Crippen LogP contribution >= 0.6 is 11.3 Å². The molecular weight excluding hydrogens is 410 g/mol. The predicted octanol–water partition coefficient (Wildman–Crippen LogP) is 1.46. The van der Waals surface area contributed by atoms with E-state index >= 15 is 0 Å². The van der Waals surface area contributed by atoms with Crippen molar-refractivity contribution in [2.75, 3.05) is 58.3 Å². The van der Waals surface area contributed by atoms with Crippen molar-refractivity contribution < 1.29 is 9.59 Å². The van der Waals surface area contributed by atoms with Gasteiger partial charge in [0.1, 0.15) is 0 Å². The summed E-state index contributed by atoms with van der Waals surface area (Å²) in [5, 5.41) is 7.54. The first kappa shape index (κ1) is 21.8. The van der Waals surface area contributed by atoms with Crippen molar-refractivity contribution in [2.45, 2.75) is 19.0 Å². The quantitative estimate of drug-likeness (QED) is 0.665. The summed E-state index contributed by atoms with van der Waals surface area (Å²) in [6.45, 7) is 5.73. The molecule has 2 aromatic rings. The molecule has 2 amide bonds. The molecule has 1 aromatic carbocycles. The second-order valence-corrected chi connectivity index (χ2v) is 9.42. The number of likely N-dealkylation sites (N-methyl/N-ethyl adjacent to an activating group) is 2. The van der Waals surface area contributed by atoms with Crippen molar-refractivity contribution >= 4 is 28.8 Å². The van der Waals surface area contributed by atoms with Crippen LogP contribution < -0.4 is 15.5 Å². The molecule has 31 heavy (non-hydrogen) atoms. The fraction of sp³-hybridized carbons (Fsp3) is 0.478. The van der Waals surface area contributed by atoms with E-state index in [2.05, 4.69) is 57.6 Å². The highest BCUT2D eigenvalue weighted by Gasteiger charge is 2.27. The van der Waals surface area contributed by atoms with E-state index in [4.69, 9.17) is 0 Å². The molecule has 7 nitrogen and oxygen atoms in total. The zero-order valence-electron chi connectivity index (χ0n) is 18.3. The Balaban J connectivity index is 1.42. The normalized spacial score (nSPS) is 17.9. The number of benzene rings is 1. The molecular formula is C23H31N5O2S. The largest absolute Gasteiger partial charge is 0.374 e. The van der Waals surface area contributed by atoms with Crippen LogP contribution in [-0.2, 0) is 22.6 Å². The fourth-order valence-electron chi connectivity index (χ4n) is 4.32. The maximum atomic E-state index is 12.5. The third-order valence-electron chi connectivity index (χ3n) is 6.26. The Hall–Kier alpha value is -2.42. The van der Waals surface area contributed by atoms with E-state index in [0.29, 0.717) is 13.1 Å². The smallest absolute Gasteiger partial charge is 0.309 e. The standard InChI is InChI=1S/C23H31N5O2S/c1-26-9-11-28(12-10-26)21(17-5-6-20-18(14-17)7-8-27(20)2)16-25-23(30)22(29)24-15-19-4-3-13-31-19/h3-6,13-14,21H,7-12,15-16H2,1-2H3,(H,24,29)(H,25,30)/t21-/m0/s1. The number of anilines is 1. The maximum Gasteiger partial charge on any atom is 0.309 e. The van der Waals surface area contributed by atoms with Crippen LogP contribution in [0.4, 0.5) is 5.69 Å². The maximum absolute atomic E-state index is 12.5. The number of carbonyl (C=O) groups excluding carboxylic acids is 2. The molecule has 2 N–H and O–H groups in total. The SMILES string of the molecule is CN1CCN([C@@H](CNC(=O)C(=O)NCc2cccs2)c2ccc3c(c2)CCN3C)CC1. The molecule has 1 fully saturated rings. The van der Waals surface area contributed by atoms with Crippen molar-refractivity contribution in [3.8, 4) is 0 Å². The number of hydrogen-bond acceptors (Lipinski definition) is 6. The summed E-state index contributed by atoms with van der Waals surface area (Å²) in [5.41, 5.74) is 3.86. The fourth-order valence-corrected chi connectivity index (χ4v) is 4.96. The van der Waals surface area contributed by atoms with Crippen LogP contribution in [0.25, 0.3) is 0 Å². The van der Waals surface area contributed by atoms with Crippen LogP contribution in [-0.4, -0.2) is 75.0 Å². The van der Waals surface area contributed by atoms with Gasteiger partial charge in [-0.1, -0.05) is 18.2 Å². The van der Waals surface area contributed by atoms with Gasteiger partial charge in [-0.05, 0) is 42.1 Å². The lowest BCUT2D eigenvalue weighted by Crippen LogP contribution is -2.49. The molecule has 2 aliphatic rings. The Labute approximate surface area is 188 Å². The van der Waals surface area contributed by atoms with Crippen molar-refractivity contribution in [1.82, 2.24) is 20.4 Å². The zero-order chi connectivity index (χ0) is 21.8. The van der Waals surface area contributed by atoms with Crippen LogP contribution in [0, 0.1) is 0 Å². The highest BCUT2D eigenvalue weighted by molar-refractivity contribution is 7.09. The highest BCUT2D eigenvalue weighted by atomic mass is 32.1. The van der Waals surface area contributed by atoms with Gasteiger partial charge in [0.05, 0.1) is 12.6 Å². The number of nitrogens with one attached hydrogen (secondary N) is 2. The molecule has 8 heteroatoms. The Morgan fingerprint density at radius 2 is 1.81 bits per heavy atom. The number of amides is 2. The number of rotatable bonds is 6. The summed E-state index contributed by atoms with van der Waals surface area (Å²) in [6.07, 6.45) is 1.05. The van der Waals surface area contributed by atoms with Crippen LogP contribution in [0.5, 0.6) is 0 Å². The Morgan fingerprint density at radius 3 is 2.55 bits per heavy atom. The van der Waals surface area contributed by atoms with Gasteiger partial charge in [-0.15, -0.1) is 11.3 Å². The zero-order valence-corrected chi connectivity index (χ0v) is 19.1. The monoisotopic (exact) mass is 441 g/mol. The average Bonchev–Trinajstić information content (AvgIpc) is 3.43. The Morgan fingerprint density at radius 1 is 1.03 bits per heavy atom. The van der Waals surface area contributed by atoms with E-state index in [9.17, 15) is 9.59 Å². The molecule has 166 valence electrons. The van der Waals surface area contributed by atoms with Gasteiger partial charge >= 0.3 is 11.8 Å². The van der Waals surface area contributed by atoms with Gasteiger partial charge in [0.25, 0.3) is 0 Å². The lowest BCUT2D eigenvalue weighted by Gasteiger charge is -2.38. The van der Waals surface area contributed by atoms with E-state index in [1.807, 2.05) is 17.5 Å². The molecule has 2 aliphatic heterocycles. The van der Waals surface area contributed by atoms with Gasteiger partial charge in [0.2, 0.25) is 0 Å². The minimum absolute atomic E-state index is 0.0546. The molecule has 0 unspecified atom stereocenters. The van der Waals surface area contributed by atoms with Crippen LogP contribution in [0.2, 0.25) is 0 Å². The molecule has 0 saturated carbocycles. The molecule has 1 aromatic heterocycles. The Bertz CT molecular complexity index is 909. The molecule has 1 atom stereocenters. The Kier molecular flexibility index (Phi) is 6.89. The second-order valence-electron chi connectivity index (χ2n) is 8.39. The summed E-state index contributed by atoms with van der Waals surface area (Å²) in [5.74, 6) is -1.15. The summed E-state index contributed by atoms with van der Waals surface area (Å²) in [4.78, 5) is 32.8. The van der Waals surface area contributed by atoms with Crippen molar-refractivity contribution in [2.24, 2.45) is 0 Å². The number of fused-ring (bicyclic) bond motifs is 1. The minimum atomic E-state index is -0.582. The molecule has 1 saturated heterocycles. The van der Waals surface area contributed by atoms with E-state index < -0.39 is 11.8 Å². The van der Waals surface area contributed by atoms with Crippen LogP contribution in [0.3, 0.4) is 0 Å². The number of hydrogen-bond donors (Lipinski definition) is 2. The molecule has 0 radical (unpaired) electrons. The van der Waals surface area contributed by atoms with Crippen molar-refractivity contribution in [3.05, 3.63) is 51.7 Å². The van der Waals surface area contributed by atoms with Gasteiger partial charge < -0.3 is 20.4 Å². The number of piperazine rings is 1. The van der Waals surface area contributed by atoms with Gasteiger partial charge in [-0.3, -0.25) is 14.5 Å². The minimum Gasteiger partial charge on any atom is -0.374 e. The van der Waals surface area contributed by atoms with Crippen LogP contribution in [0.1, 0.15) is 22.0 Å². The molecule has 0 spiro atoms. The lowest BCUT2D eigenvalue weighted by molar-refractivity contribution is -0.139. The van der Waals surface area contributed by atoms with E-state index in [-0.39, 0.29) is 6.04 Å². The van der Waals surface area contributed by atoms with Gasteiger partial charge in [0.15, 0.2) is 0 Å². The summed E-state index contributed by atoms with van der Waals surface area (Å²) in [7, 11) is 4.26. The van der Waals surface area contributed by atoms with Crippen molar-refractivity contribution in [3.63, 3.8) is 0 Å². The lowest BCUT2D eigenvalue weighted by atomic mass is 10.00. The average molecular weight is 442 g/mol. The first-order valence-electron chi connectivity index (χ1n) is 10.9. The summed E-state index contributed by atoms with van der Waals surface area (Å²) >= 11 is 1.56. The number of carbonyl (C=O) groups is 2. The first-order valence-corrected chi connectivity index (χ1v) is 11.7. The van der Waals surface area contributed by atoms with E-state index in [0.717, 1.165) is 44.0 Å². The van der Waals surface area contributed by atoms with Gasteiger partial charge in [-0.2, -0.15) is 0 Å². The van der Waals surface area contributed by atoms with Crippen molar-refractivity contribution in [1.29, 1.82) is 0 Å². The highest BCUT2D eigenvalue weighted by Crippen LogP contribution is 2.31. The molecule has 0 bridgehead atoms. The summed E-state index contributed by atoms with van der Waals surface area (Å²) < 4.78 is 0. The number of nitrogens with zero attached hydrogens (tertiary/aromatic N) is 3. The topological polar surface area (TPSA) is 67.9 Å². The third-order valence-corrected chi connectivity index (χ3v) is 7.14. The summed E-state index contributed by atoms with van der Waals surface area (Å²) in [6, 6.07) is 10.6. The van der Waals surface area contributed by atoms with Gasteiger partial charge in [0, 0.05) is 56.9 Å². The molecule has 0 aliphatic carbocycles. The predicted molar refractivity (Wildman–Crippen MR) is 124 cm³/mol. The number of thiophene rings is 1. The molecule has 3 heterocycles. The van der Waals surface area contributed by atoms with Crippen LogP contribution in [0.15, 0.2) is 35.7 Å². The second kappa shape index (κ2) is 9.80. The first-order chi connectivity index (χ1) is 15.0. The van der Waals surface area contributed by atoms with E-state index in [1.54, 1.807) is 11.3 Å². The molecule has 4 rings (SSSR count). The van der Waals surface area contributed by atoms with E-state index in [1.165, 1.54) is 16.8 Å².